The lowest BCUT2D eigenvalue weighted by Crippen LogP contribution is -2.49. The Morgan fingerprint density at radius 1 is 1.26 bits per heavy atom. The summed E-state index contributed by atoms with van der Waals surface area (Å²) in [6.45, 7) is 1.06. The van der Waals surface area contributed by atoms with Crippen LogP contribution in [-0.4, -0.2) is 12.1 Å². The van der Waals surface area contributed by atoms with Gasteiger partial charge in [-0.05, 0) is 56.7 Å². The third kappa shape index (κ3) is 2.80. The molecule has 1 N–H and O–H groups in total. The van der Waals surface area contributed by atoms with Crippen molar-refractivity contribution >= 4 is 11.6 Å². The molecule has 104 valence electrons. The van der Waals surface area contributed by atoms with E-state index in [4.69, 9.17) is 11.6 Å². The van der Waals surface area contributed by atoms with Gasteiger partial charge in [-0.3, -0.25) is 0 Å². The van der Waals surface area contributed by atoms with Gasteiger partial charge in [-0.25, -0.2) is 4.39 Å². The Morgan fingerprint density at radius 2 is 2.11 bits per heavy atom. The van der Waals surface area contributed by atoms with E-state index in [1.807, 2.05) is 0 Å². The highest BCUT2D eigenvalue weighted by molar-refractivity contribution is 6.31. The summed E-state index contributed by atoms with van der Waals surface area (Å²) < 4.78 is 14.0. The lowest BCUT2D eigenvalue weighted by molar-refractivity contribution is 0.268. The van der Waals surface area contributed by atoms with E-state index in [-0.39, 0.29) is 11.4 Å². The maximum atomic E-state index is 14.0. The van der Waals surface area contributed by atoms with Crippen molar-refractivity contribution in [3.8, 4) is 0 Å². The normalized spacial score (nSPS) is 28.1. The van der Waals surface area contributed by atoms with Crippen molar-refractivity contribution in [2.75, 3.05) is 6.54 Å². The fourth-order valence-electron chi connectivity index (χ4n) is 3.46. The van der Waals surface area contributed by atoms with Crippen LogP contribution < -0.4 is 5.32 Å². The molecule has 3 heteroatoms. The van der Waals surface area contributed by atoms with Gasteiger partial charge >= 0.3 is 0 Å². The lowest BCUT2D eigenvalue weighted by Gasteiger charge is -2.35. The summed E-state index contributed by atoms with van der Waals surface area (Å²) in [5.41, 5.74) is 0.785. The van der Waals surface area contributed by atoms with Crippen LogP contribution >= 0.6 is 11.6 Å². The average molecular weight is 282 g/mol. The second kappa shape index (κ2) is 5.41. The molecule has 0 radical (unpaired) electrons. The van der Waals surface area contributed by atoms with Gasteiger partial charge in [-0.2, -0.15) is 0 Å². The van der Waals surface area contributed by atoms with Crippen LogP contribution in [0.4, 0.5) is 4.39 Å². The molecule has 0 amide bonds. The molecule has 0 spiro atoms. The molecule has 0 aromatic heterocycles. The molecule has 1 atom stereocenters. The van der Waals surface area contributed by atoms with Crippen LogP contribution in [0, 0.1) is 11.7 Å². The predicted octanol–water partition coefficient (Wildman–Crippen LogP) is 4.33. The monoisotopic (exact) mass is 281 g/mol. The van der Waals surface area contributed by atoms with Crippen molar-refractivity contribution in [2.24, 2.45) is 5.92 Å². The van der Waals surface area contributed by atoms with E-state index in [2.05, 4.69) is 5.32 Å². The Hall–Kier alpha value is -0.600. The van der Waals surface area contributed by atoms with Crippen LogP contribution in [0.1, 0.15) is 44.1 Å². The van der Waals surface area contributed by atoms with E-state index in [1.165, 1.54) is 38.2 Å². The van der Waals surface area contributed by atoms with Crippen LogP contribution in [0.2, 0.25) is 5.02 Å². The molecule has 1 aromatic carbocycles. The topological polar surface area (TPSA) is 12.0 Å². The summed E-state index contributed by atoms with van der Waals surface area (Å²) in [6, 6.07) is 5.02. The Labute approximate surface area is 119 Å². The van der Waals surface area contributed by atoms with Crippen molar-refractivity contribution in [2.45, 2.75) is 50.5 Å². The van der Waals surface area contributed by atoms with Gasteiger partial charge in [0.1, 0.15) is 5.82 Å². The molecule has 0 bridgehead atoms. The summed E-state index contributed by atoms with van der Waals surface area (Å²) in [6.07, 6.45) is 8.21. The molecule has 1 nitrogen and oxygen atoms in total. The molecule has 1 heterocycles. The Bertz CT molecular complexity index is 428. The van der Waals surface area contributed by atoms with Crippen LogP contribution in [0.15, 0.2) is 18.2 Å². The van der Waals surface area contributed by atoms with Crippen molar-refractivity contribution < 1.29 is 4.39 Å². The fraction of sp³-hybridized carbons (Fsp3) is 0.625. The summed E-state index contributed by atoms with van der Waals surface area (Å²) in [5.74, 6) is 0.555. The fourth-order valence-corrected chi connectivity index (χ4v) is 3.69. The number of hydrogen-bond acceptors (Lipinski definition) is 1. The minimum Gasteiger partial charge on any atom is -0.311 e. The minimum atomic E-state index is -0.154. The molecular weight excluding hydrogens is 261 g/mol. The van der Waals surface area contributed by atoms with E-state index in [1.54, 1.807) is 12.1 Å². The van der Waals surface area contributed by atoms with Gasteiger partial charge < -0.3 is 5.32 Å². The van der Waals surface area contributed by atoms with Crippen molar-refractivity contribution in [1.82, 2.24) is 5.32 Å². The van der Waals surface area contributed by atoms with Gasteiger partial charge in [-0.15, -0.1) is 0 Å². The third-order valence-electron chi connectivity index (χ3n) is 4.69. The first-order valence-electron chi connectivity index (χ1n) is 7.39. The van der Waals surface area contributed by atoms with E-state index in [0.29, 0.717) is 16.5 Å². The zero-order valence-electron chi connectivity index (χ0n) is 11.2. The maximum Gasteiger partial charge on any atom is 0.127 e. The summed E-state index contributed by atoms with van der Waals surface area (Å²) in [7, 11) is 0. The molecule has 1 saturated heterocycles. The summed E-state index contributed by atoms with van der Waals surface area (Å²) >= 11 is 6.21. The molecule has 1 aliphatic heterocycles. The van der Waals surface area contributed by atoms with Crippen LogP contribution in [-0.2, 0) is 6.42 Å². The molecule has 19 heavy (non-hydrogen) atoms. The molecule has 2 fully saturated rings. The Balaban J connectivity index is 1.88. The summed E-state index contributed by atoms with van der Waals surface area (Å²) in [5, 5.41) is 4.31. The number of nitrogens with one attached hydrogen (secondary N) is 1. The van der Waals surface area contributed by atoms with Crippen LogP contribution in [0.25, 0.3) is 0 Å². The van der Waals surface area contributed by atoms with E-state index >= 15 is 0 Å². The van der Waals surface area contributed by atoms with Crippen LogP contribution in [0.5, 0.6) is 0 Å². The number of hydrogen-bond donors (Lipinski definition) is 1. The molecule has 1 unspecified atom stereocenters. The molecule has 2 aliphatic rings. The van der Waals surface area contributed by atoms with E-state index < -0.39 is 0 Å². The molecular formula is C16H21ClFN. The average Bonchev–Trinajstić information content (AvgIpc) is 3.21. The second-order valence-corrected chi connectivity index (χ2v) is 6.45. The first-order valence-corrected chi connectivity index (χ1v) is 7.77. The second-order valence-electron chi connectivity index (χ2n) is 6.04. The molecule has 1 aliphatic carbocycles. The zero-order valence-corrected chi connectivity index (χ0v) is 12.0. The lowest BCUT2D eigenvalue weighted by atomic mass is 9.82. The quantitative estimate of drug-likeness (QED) is 0.869. The minimum absolute atomic E-state index is 0.0856. The van der Waals surface area contributed by atoms with Gasteiger partial charge in [-0.1, -0.05) is 30.5 Å². The highest BCUT2D eigenvalue weighted by Gasteiger charge is 2.45. The largest absolute Gasteiger partial charge is 0.311 e. The number of halogens is 2. The van der Waals surface area contributed by atoms with Gasteiger partial charge in [0, 0.05) is 16.1 Å². The van der Waals surface area contributed by atoms with Crippen LogP contribution in [0.3, 0.4) is 0 Å². The SMILES string of the molecule is Fc1cccc(Cl)c1CC1(C2CC2)CCCCCN1. The number of rotatable bonds is 3. The van der Waals surface area contributed by atoms with Gasteiger partial charge in [0.05, 0.1) is 0 Å². The van der Waals surface area contributed by atoms with Crippen molar-refractivity contribution in [1.29, 1.82) is 0 Å². The van der Waals surface area contributed by atoms with Crippen molar-refractivity contribution in [3.05, 3.63) is 34.6 Å². The highest BCUT2D eigenvalue weighted by atomic mass is 35.5. The Kier molecular flexibility index (Phi) is 3.81. The molecule has 1 saturated carbocycles. The maximum absolute atomic E-state index is 14.0. The highest BCUT2D eigenvalue weighted by Crippen LogP contribution is 2.45. The number of benzene rings is 1. The van der Waals surface area contributed by atoms with Crippen molar-refractivity contribution in [3.63, 3.8) is 0 Å². The molecule has 1 aromatic rings. The summed E-state index contributed by atoms with van der Waals surface area (Å²) in [4.78, 5) is 0. The first kappa shape index (κ1) is 13.4. The third-order valence-corrected chi connectivity index (χ3v) is 5.04. The van der Waals surface area contributed by atoms with E-state index in [9.17, 15) is 4.39 Å². The van der Waals surface area contributed by atoms with Gasteiger partial charge in [0.15, 0.2) is 0 Å². The first-order chi connectivity index (χ1) is 9.21. The Morgan fingerprint density at radius 3 is 2.84 bits per heavy atom. The predicted molar refractivity (Wildman–Crippen MR) is 77.0 cm³/mol. The standard InChI is InChI=1S/C16H21ClFN/c17-14-5-4-6-15(18)13(14)11-16(12-7-8-12)9-2-1-3-10-19-16/h4-6,12,19H,1-3,7-11H2. The van der Waals surface area contributed by atoms with E-state index in [0.717, 1.165) is 19.4 Å². The van der Waals surface area contributed by atoms with Gasteiger partial charge in [0.25, 0.3) is 0 Å². The molecule has 3 rings (SSSR count). The smallest absolute Gasteiger partial charge is 0.127 e. The zero-order chi connectivity index (χ0) is 13.3. The van der Waals surface area contributed by atoms with Gasteiger partial charge in [0.2, 0.25) is 0 Å².